The fourth-order valence-electron chi connectivity index (χ4n) is 0. The molecule has 0 N–H and O–H groups in total. The zero-order valence-corrected chi connectivity index (χ0v) is 6.83. The van der Waals surface area contributed by atoms with Gasteiger partial charge in [-0.25, -0.2) is 0 Å². The van der Waals surface area contributed by atoms with E-state index in [1.807, 2.05) is 0 Å². The molecular weight excluding hydrogens is 223 g/mol. The molecule has 0 bridgehead atoms. The minimum atomic E-state index is -1.58. The maximum absolute atomic E-state index is 5.12. The van der Waals surface area contributed by atoms with Crippen molar-refractivity contribution in [2.45, 2.75) is 0 Å². The predicted molar refractivity (Wildman–Crippen MR) is 26.4 cm³/mol. The molecule has 0 aliphatic carbocycles. The summed E-state index contributed by atoms with van der Waals surface area (Å²) in [4.78, 5) is 0. The first-order valence-corrected chi connectivity index (χ1v) is 11.0. The van der Waals surface area contributed by atoms with Crippen LogP contribution in [0.25, 0.3) is 0 Å². The van der Waals surface area contributed by atoms with Gasteiger partial charge < -0.3 is 0 Å². The van der Waals surface area contributed by atoms with E-state index in [0.29, 0.717) is 0 Å². The van der Waals surface area contributed by atoms with Gasteiger partial charge in [-0.15, -0.1) is 0 Å². The van der Waals surface area contributed by atoms with E-state index in [4.69, 9.17) is 20.0 Å². The molecule has 0 aromatic heterocycles. The summed E-state index contributed by atoms with van der Waals surface area (Å²) in [6, 6.07) is 0. The Morgan fingerprint density at radius 2 is 1.50 bits per heavy atom. The monoisotopic (exact) mass is 223 g/mol. The summed E-state index contributed by atoms with van der Waals surface area (Å²) in [6.45, 7) is 0. The quantitative estimate of drug-likeness (QED) is 0.550. The van der Waals surface area contributed by atoms with Crippen LogP contribution in [0, 0.1) is 0 Å². The van der Waals surface area contributed by atoms with Gasteiger partial charge in [-0.3, -0.25) is 0 Å². The van der Waals surface area contributed by atoms with Crippen LogP contribution >= 0.6 is 34.0 Å². The molecule has 0 aliphatic heterocycles. The second-order valence-electron chi connectivity index (χ2n) is 0.214. The molecule has 0 rings (SSSR count). The van der Waals surface area contributed by atoms with Crippen LogP contribution < -0.4 is 0 Å². The van der Waals surface area contributed by atoms with Crippen LogP contribution in [0.15, 0.2) is 0 Å². The number of rotatable bonds is 0. The van der Waals surface area contributed by atoms with Gasteiger partial charge in [-0.1, -0.05) is 0 Å². The van der Waals surface area contributed by atoms with Crippen LogP contribution in [0.4, 0.5) is 0 Å². The van der Waals surface area contributed by atoms with Gasteiger partial charge in [0.25, 0.3) is 0 Å². The van der Waals surface area contributed by atoms with Crippen LogP contribution in [-0.2, 0) is 0 Å². The van der Waals surface area contributed by atoms with Crippen molar-refractivity contribution in [3.05, 3.63) is 0 Å². The van der Waals surface area contributed by atoms with E-state index in [2.05, 4.69) is 14.0 Å². The van der Waals surface area contributed by atoms with Crippen molar-refractivity contribution >= 4 is 44.7 Å². The first kappa shape index (κ1) is 5.60. The minimum absolute atomic E-state index is 1.58. The van der Waals surface area contributed by atoms with Gasteiger partial charge >= 0.3 is 44.7 Å². The van der Waals surface area contributed by atoms with Crippen LogP contribution in [0.5, 0.6) is 0 Å². The third kappa shape index (κ3) is 9.50. The second kappa shape index (κ2) is 2.82. The number of hydrogen-bond acceptors (Lipinski definition) is 0. The van der Waals surface area contributed by atoms with Gasteiger partial charge in [0, 0.05) is 0 Å². The summed E-state index contributed by atoms with van der Waals surface area (Å²) < 4.78 is 0. The molecule has 25 valence electrons. The molecule has 0 nitrogen and oxygen atoms in total. The van der Waals surface area contributed by atoms with Gasteiger partial charge in [0.1, 0.15) is 0 Å². The molecule has 0 aliphatic rings. The summed E-state index contributed by atoms with van der Waals surface area (Å²) in [6.07, 6.45) is 0. The van der Waals surface area contributed by atoms with E-state index in [0.717, 1.165) is 0 Å². The van der Waals surface area contributed by atoms with Gasteiger partial charge in [0.2, 0.25) is 0 Å². The van der Waals surface area contributed by atoms with E-state index < -0.39 is 10.6 Å². The summed E-state index contributed by atoms with van der Waals surface area (Å²) in [7, 11) is 8.67. The molecule has 0 saturated heterocycles. The van der Waals surface area contributed by atoms with Gasteiger partial charge in [0.05, 0.1) is 0 Å². The molecule has 0 heterocycles. The molecule has 4 heavy (non-hydrogen) atoms. The summed E-state index contributed by atoms with van der Waals surface area (Å²) in [5, 5.41) is 0. The Morgan fingerprint density at radius 1 is 1.50 bits per heavy atom. The van der Waals surface area contributed by atoms with Crippen molar-refractivity contribution in [3.8, 4) is 0 Å². The molecule has 0 spiro atoms. The Balaban J connectivity index is 2.32. The summed E-state index contributed by atoms with van der Waals surface area (Å²) in [5.74, 6) is 0. The predicted octanol–water partition coefficient (Wildman–Crippen LogP) is 1.84. The average molecular weight is 223 g/mol. The molecule has 0 atom stereocenters. The van der Waals surface area contributed by atoms with E-state index in [9.17, 15) is 0 Å². The molecular formula is BrCl2Ge. The molecule has 0 aromatic rings. The Labute approximate surface area is 44.6 Å². The standard InChI is InChI=1S/BrCl2Ge/c1-4(2)3. The first-order chi connectivity index (χ1) is 1.73. The SMILES string of the molecule is [Cl][Ge]([Cl])[Br]. The third-order valence-electron chi connectivity index (χ3n) is 0. The fraction of sp³-hybridized carbons (Fsp3) is 0. The van der Waals surface area contributed by atoms with Gasteiger partial charge in [-0.05, 0) is 0 Å². The Hall–Kier alpha value is 1.60. The summed E-state index contributed by atoms with van der Waals surface area (Å²) >= 11 is 2.97. The molecule has 4 heteroatoms. The topological polar surface area (TPSA) is 0 Å². The van der Waals surface area contributed by atoms with E-state index in [1.54, 1.807) is 0 Å². The zero-order chi connectivity index (χ0) is 3.58. The number of halogens is 3. The Kier molecular flexibility index (Phi) is 3.95. The second-order valence-corrected chi connectivity index (χ2v) is 14.9. The van der Waals surface area contributed by atoms with Crippen molar-refractivity contribution in [3.63, 3.8) is 0 Å². The van der Waals surface area contributed by atoms with Gasteiger partial charge in [0.15, 0.2) is 0 Å². The molecule has 0 aromatic carbocycles. The molecule has 0 fully saturated rings. The molecule has 1 radical (unpaired) electrons. The zero-order valence-electron chi connectivity index (χ0n) is 1.63. The van der Waals surface area contributed by atoms with Crippen molar-refractivity contribution in [2.24, 2.45) is 0 Å². The van der Waals surface area contributed by atoms with Crippen LogP contribution in [0.2, 0.25) is 0 Å². The average Bonchev–Trinajstić information content (AvgIpc) is 0.811. The first-order valence-electron chi connectivity index (χ1n) is 0.567. The van der Waals surface area contributed by atoms with E-state index in [-0.39, 0.29) is 0 Å². The van der Waals surface area contributed by atoms with Crippen LogP contribution in [0.3, 0.4) is 0 Å². The van der Waals surface area contributed by atoms with E-state index >= 15 is 0 Å². The summed E-state index contributed by atoms with van der Waals surface area (Å²) in [5.41, 5.74) is 0. The van der Waals surface area contributed by atoms with Crippen LogP contribution in [-0.4, -0.2) is 10.6 Å². The van der Waals surface area contributed by atoms with Gasteiger partial charge in [-0.2, -0.15) is 0 Å². The van der Waals surface area contributed by atoms with Crippen LogP contribution in [0.1, 0.15) is 0 Å². The van der Waals surface area contributed by atoms with Crippen molar-refractivity contribution < 1.29 is 0 Å². The molecule has 0 saturated carbocycles. The van der Waals surface area contributed by atoms with Crippen molar-refractivity contribution in [1.82, 2.24) is 0 Å². The third-order valence-corrected chi connectivity index (χ3v) is 0. The normalized spacial score (nSPS) is 9.00. The molecule has 0 amide bonds. The van der Waals surface area contributed by atoms with Crippen molar-refractivity contribution in [1.29, 1.82) is 0 Å². The Bertz CT molecular complexity index is 10.8. The molecule has 0 unspecified atom stereocenters. The number of hydrogen-bond donors (Lipinski definition) is 0. The van der Waals surface area contributed by atoms with E-state index in [1.165, 1.54) is 0 Å². The fourth-order valence-corrected chi connectivity index (χ4v) is 0. The Morgan fingerprint density at radius 3 is 1.50 bits per heavy atom. The maximum atomic E-state index is 5.12. The van der Waals surface area contributed by atoms with Crippen molar-refractivity contribution in [2.75, 3.05) is 0 Å².